The fourth-order valence-corrected chi connectivity index (χ4v) is 2.48. The number of carbonyl (C=O) groups is 1. The highest BCUT2D eigenvalue weighted by atomic mass is 32.2. The van der Waals surface area contributed by atoms with Crippen LogP contribution in [0.25, 0.3) is 0 Å². The summed E-state index contributed by atoms with van der Waals surface area (Å²) in [4.78, 5) is 29.0. The zero-order valence-electron chi connectivity index (χ0n) is 9.81. The summed E-state index contributed by atoms with van der Waals surface area (Å²) in [6.07, 6.45) is 0. The van der Waals surface area contributed by atoms with Crippen LogP contribution in [0.15, 0.2) is 39.1 Å². The average molecular weight is 280 g/mol. The van der Waals surface area contributed by atoms with Crippen molar-refractivity contribution in [2.75, 3.05) is 0 Å². The Balaban J connectivity index is 2.46. The number of hydrogen-bond donors (Lipinski definition) is 2. The molecule has 98 valence electrons. The van der Waals surface area contributed by atoms with Crippen molar-refractivity contribution in [2.45, 2.75) is 17.0 Å². The van der Waals surface area contributed by atoms with E-state index in [4.69, 9.17) is 5.11 Å². The van der Waals surface area contributed by atoms with E-state index in [0.29, 0.717) is 5.69 Å². The maximum absolute atomic E-state index is 13.5. The van der Waals surface area contributed by atoms with Crippen LogP contribution >= 0.6 is 11.8 Å². The standard InChI is InChI=1S/C12H9FN2O3S/c1-6-5-9(16)15-12(14-6)19-8-4-2-3-7(13)10(8)11(17)18/h2-5H,1H3,(H,17,18)(H,14,15,16). The Morgan fingerprint density at radius 2 is 2.21 bits per heavy atom. The average Bonchev–Trinajstić information content (AvgIpc) is 2.26. The number of halogens is 1. The van der Waals surface area contributed by atoms with Gasteiger partial charge in [-0.25, -0.2) is 14.2 Å². The molecule has 2 N–H and O–H groups in total. The van der Waals surface area contributed by atoms with Crippen LogP contribution in [-0.4, -0.2) is 21.0 Å². The smallest absolute Gasteiger partial charge is 0.339 e. The van der Waals surface area contributed by atoms with Crippen LogP contribution in [0.5, 0.6) is 0 Å². The van der Waals surface area contributed by atoms with Crippen LogP contribution in [-0.2, 0) is 0 Å². The first-order chi connectivity index (χ1) is 8.97. The third-order valence-electron chi connectivity index (χ3n) is 2.24. The van der Waals surface area contributed by atoms with Gasteiger partial charge in [-0.2, -0.15) is 0 Å². The van der Waals surface area contributed by atoms with Gasteiger partial charge in [-0.05, 0) is 19.1 Å². The van der Waals surface area contributed by atoms with Gasteiger partial charge in [0, 0.05) is 16.7 Å². The fourth-order valence-electron chi connectivity index (χ4n) is 1.50. The Bertz CT molecular complexity index is 700. The Morgan fingerprint density at radius 3 is 2.84 bits per heavy atom. The van der Waals surface area contributed by atoms with Crippen LogP contribution in [0.2, 0.25) is 0 Å². The number of aryl methyl sites for hydroxylation is 1. The maximum Gasteiger partial charge on any atom is 0.339 e. The molecule has 7 heteroatoms. The second-order valence-electron chi connectivity index (χ2n) is 3.71. The Morgan fingerprint density at radius 1 is 1.47 bits per heavy atom. The minimum atomic E-state index is -1.37. The third-order valence-corrected chi connectivity index (χ3v) is 3.19. The van der Waals surface area contributed by atoms with E-state index in [1.165, 1.54) is 18.2 Å². The molecule has 0 amide bonds. The molecule has 0 spiro atoms. The van der Waals surface area contributed by atoms with Gasteiger partial charge < -0.3 is 10.1 Å². The molecule has 0 aliphatic carbocycles. The number of carboxylic acids is 1. The Kier molecular flexibility index (Phi) is 3.66. The van der Waals surface area contributed by atoms with Crippen LogP contribution in [0, 0.1) is 12.7 Å². The molecule has 2 aromatic rings. The lowest BCUT2D eigenvalue weighted by molar-refractivity contribution is 0.0688. The van der Waals surface area contributed by atoms with E-state index in [2.05, 4.69) is 9.97 Å². The Labute approximate surface area is 111 Å². The quantitative estimate of drug-likeness (QED) is 0.841. The van der Waals surface area contributed by atoms with Crippen molar-refractivity contribution in [1.29, 1.82) is 0 Å². The van der Waals surface area contributed by atoms with Gasteiger partial charge in [0.15, 0.2) is 5.16 Å². The topological polar surface area (TPSA) is 83.0 Å². The van der Waals surface area contributed by atoms with Gasteiger partial charge in [0.2, 0.25) is 0 Å². The number of carboxylic acid groups (broad SMARTS) is 1. The molecular weight excluding hydrogens is 271 g/mol. The van der Waals surface area contributed by atoms with Gasteiger partial charge in [0.1, 0.15) is 11.4 Å². The molecule has 2 rings (SSSR count). The van der Waals surface area contributed by atoms with E-state index >= 15 is 0 Å². The number of nitrogens with one attached hydrogen (secondary N) is 1. The molecule has 1 aromatic carbocycles. The van der Waals surface area contributed by atoms with Crippen molar-refractivity contribution < 1.29 is 14.3 Å². The van der Waals surface area contributed by atoms with Crippen molar-refractivity contribution in [1.82, 2.24) is 9.97 Å². The van der Waals surface area contributed by atoms with E-state index in [0.717, 1.165) is 17.8 Å². The number of aromatic carboxylic acids is 1. The van der Waals surface area contributed by atoms with Crippen molar-refractivity contribution in [3.05, 3.63) is 51.7 Å². The maximum atomic E-state index is 13.5. The minimum Gasteiger partial charge on any atom is -0.478 e. The summed E-state index contributed by atoms with van der Waals surface area (Å²) in [7, 11) is 0. The van der Waals surface area contributed by atoms with Gasteiger partial charge in [0.25, 0.3) is 5.56 Å². The first kappa shape index (κ1) is 13.3. The van der Waals surface area contributed by atoms with Crippen molar-refractivity contribution in [2.24, 2.45) is 0 Å². The number of benzene rings is 1. The molecule has 0 radical (unpaired) electrons. The van der Waals surface area contributed by atoms with E-state index in [9.17, 15) is 14.0 Å². The van der Waals surface area contributed by atoms with Crippen LogP contribution in [0.3, 0.4) is 0 Å². The molecule has 1 aromatic heterocycles. The summed E-state index contributed by atoms with van der Waals surface area (Å²) in [6, 6.07) is 5.24. The first-order valence-electron chi connectivity index (χ1n) is 5.25. The summed E-state index contributed by atoms with van der Waals surface area (Å²) < 4.78 is 13.5. The third kappa shape index (κ3) is 3.00. The lowest BCUT2D eigenvalue weighted by atomic mass is 10.2. The summed E-state index contributed by atoms with van der Waals surface area (Å²) in [5.41, 5.74) is -0.278. The molecule has 0 fully saturated rings. The normalized spacial score (nSPS) is 10.4. The second kappa shape index (κ2) is 5.23. The first-order valence-corrected chi connectivity index (χ1v) is 6.06. The molecule has 0 bridgehead atoms. The molecular formula is C12H9FN2O3S. The predicted molar refractivity (Wildman–Crippen MR) is 67.1 cm³/mol. The second-order valence-corrected chi connectivity index (χ2v) is 4.74. The summed E-state index contributed by atoms with van der Waals surface area (Å²) in [6.45, 7) is 1.64. The number of aromatic amines is 1. The largest absolute Gasteiger partial charge is 0.478 e. The fraction of sp³-hybridized carbons (Fsp3) is 0.0833. The van der Waals surface area contributed by atoms with E-state index < -0.39 is 17.3 Å². The van der Waals surface area contributed by atoms with Crippen LogP contribution < -0.4 is 5.56 Å². The van der Waals surface area contributed by atoms with Crippen LogP contribution in [0.4, 0.5) is 4.39 Å². The summed E-state index contributed by atoms with van der Waals surface area (Å²) in [5, 5.41) is 9.21. The van der Waals surface area contributed by atoms with E-state index in [-0.39, 0.29) is 15.6 Å². The number of aromatic nitrogens is 2. The Hall–Kier alpha value is -2.15. The van der Waals surface area contributed by atoms with E-state index in [1.807, 2.05) is 0 Å². The molecule has 0 unspecified atom stereocenters. The van der Waals surface area contributed by atoms with Crippen molar-refractivity contribution in [3.8, 4) is 0 Å². The molecule has 1 heterocycles. The highest BCUT2D eigenvalue weighted by Crippen LogP contribution is 2.29. The van der Waals surface area contributed by atoms with Crippen molar-refractivity contribution in [3.63, 3.8) is 0 Å². The molecule has 19 heavy (non-hydrogen) atoms. The van der Waals surface area contributed by atoms with Gasteiger partial charge >= 0.3 is 5.97 Å². The highest BCUT2D eigenvalue weighted by molar-refractivity contribution is 7.99. The van der Waals surface area contributed by atoms with Gasteiger partial charge in [-0.1, -0.05) is 17.8 Å². The monoisotopic (exact) mass is 280 g/mol. The molecule has 5 nitrogen and oxygen atoms in total. The zero-order valence-corrected chi connectivity index (χ0v) is 10.6. The van der Waals surface area contributed by atoms with Gasteiger partial charge in [-0.15, -0.1) is 0 Å². The highest BCUT2D eigenvalue weighted by Gasteiger charge is 2.17. The molecule has 0 aliphatic heterocycles. The van der Waals surface area contributed by atoms with Gasteiger partial charge in [-0.3, -0.25) is 4.79 Å². The summed E-state index contributed by atoms with van der Waals surface area (Å²) >= 11 is 0.898. The van der Waals surface area contributed by atoms with Crippen molar-refractivity contribution >= 4 is 17.7 Å². The van der Waals surface area contributed by atoms with E-state index in [1.54, 1.807) is 6.92 Å². The molecule has 0 saturated heterocycles. The molecule has 0 saturated carbocycles. The molecule has 0 atom stereocenters. The van der Waals surface area contributed by atoms with Crippen LogP contribution in [0.1, 0.15) is 16.1 Å². The number of nitrogens with zero attached hydrogens (tertiary/aromatic N) is 1. The lowest BCUT2D eigenvalue weighted by Crippen LogP contribution is -2.09. The minimum absolute atomic E-state index is 0.182. The van der Waals surface area contributed by atoms with Gasteiger partial charge in [0.05, 0.1) is 0 Å². The molecule has 0 aliphatic rings. The lowest BCUT2D eigenvalue weighted by Gasteiger charge is -2.06. The zero-order chi connectivity index (χ0) is 14.0. The number of H-pyrrole nitrogens is 1. The SMILES string of the molecule is Cc1cc(=O)[nH]c(Sc2cccc(F)c2C(=O)O)n1. The predicted octanol–water partition coefficient (Wildman–Crippen LogP) is 2.07. The number of hydrogen-bond acceptors (Lipinski definition) is 4. The number of rotatable bonds is 3. The summed E-state index contributed by atoms with van der Waals surface area (Å²) in [5.74, 6) is -2.19.